The minimum absolute atomic E-state index is 0.172. The molecule has 27 heavy (non-hydrogen) atoms. The molecule has 3 amide bonds. The largest absolute Gasteiger partial charge is 0.346 e. The quantitative estimate of drug-likeness (QED) is 0.464. The molecule has 1 saturated heterocycles. The van der Waals surface area contributed by atoms with E-state index in [1.807, 2.05) is 0 Å². The zero-order valence-electron chi connectivity index (χ0n) is 14.9. The van der Waals surface area contributed by atoms with Crippen LogP contribution in [0.1, 0.15) is 20.3 Å². The highest BCUT2D eigenvalue weighted by atomic mass is 35.5. The number of likely N-dealkylation sites (tertiary alicyclic amines) is 1. The van der Waals surface area contributed by atoms with Crippen molar-refractivity contribution in [3.05, 3.63) is 41.4 Å². The van der Waals surface area contributed by atoms with Crippen molar-refractivity contribution in [1.82, 2.24) is 10.2 Å². The standard InChI is InChI=1S/C18H20ClF2N3O3/c1-4-13-10(7-8-24(13)18(27)17(26)22-9(2)3)16(25)23-12-6-5-11(20)14(19)15(12)21/h4-6,9-10,13H,1,7-8H2,2-3H3,(H,22,26)(H,23,25)/t10?,13-/m0/s1. The van der Waals surface area contributed by atoms with E-state index in [1.54, 1.807) is 13.8 Å². The lowest BCUT2D eigenvalue weighted by molar-refractivity contribution is -0.146. The number of anilines is 1. The molecule has 9 heteroatoms. The number of hydrogen-bond donors (Lipinski definition) is 2. The second-order valence-corrected chi connectivity index (χ2v) is 6.84. The Bertz CT molecular complexity index is 785. The van der Waals surface area contributed by atoms with Crippen LogP contribution in [0.4, 0.5) is 14.5 Å². The summed E-state index contributed by atoms with van der Waals surface area (Å²) in [6.07, 6.45) is 1.66. The van der Waals surface area contributed by atoms with Gasteiger partial charge < -0.3 is 15.5 Å². The molecule has 1 aromatic rings. The van der Waals surface area contributed by atoms with E-state index in [4.69, 9.17) is 11.6 Å². The van der Waals surface area contributed by atoms with Crippen molar-refractivity contribution in [1.29, 1.82) is 0 Å². The van der Waals surface area contributed by atoms with Gasteiger partial charge in [-0.05, 0) is 32.4 Å². The summed E-state index contributed by atoms with van der Waals surface area (Å²) in [5.41, 5.74) is -0.267. The number of nitrogens with one attached hydrogen (secondary N) is 2. The summed E-state index contributed by atoms with van der Waals surface area (Å²) in [6.45, 7) is 7.24. The van der Waals surface area contributed by atoms with E-state index >= 15 is 0 Å². The number of carbonyl (C=O) groups excluding carboxylic acids is 3. The Morgan fingerprint density at radius 1 is 1.33 bits per heavy atom. The fourth-order valence-corrected chi connectivity index (χ4v) is 3.10. The molecule has 1 heterocycles. The Balaban J connectivity index is 2.14. The Kier molecular flexibility index (Phi) is 6.54. The molecule has 6 nitrogen and oxygen atoms in total. The topological polar surface area (TPSA) is 78.5 Å². The predicted molar refractivity (Wildman–Crippen MR) is 97.1 cm³/mol. The molecule has 0 aromatic heterocycles. The van der Waals surface area contributed by atoms with E-state index in [2.05, 4.69) is 17.2 Å². The number of hydrogen-bond acceptors (Lipinski definition) is 3. The molecule has 0 saturated carbocycles. The molecular weight excluding hydrogens is 380 g/mol. The zero-order valence-corrected chi connectivity index (χ0v) is 15.6. The summed E-state index contributed by atoms with van der Waals surface area (Å²) in [7, 11) is 0. The van der Waals surface area contributed by atoms with Gasteiger partial charge in [0.25, 0.3) is 0 Å². The molecule has 0 aliphatic carbocycles. The van der Waals surface area contributed by atoms with Crippen LogP contribution in [0, 0.1) is 17.6 Å². The van der Waals surface area contributed by atoms with Crippen molar-refractivity contribution in [3.8, 4) is 0 Å². The van der Waals surface area contributed by atoms with E-state index in [1.165, 1.54) is 11.0 Å². The maximum Gasteiger partial charge on any atom is 0.312 e. The average molecular weight is 400 g/mol. The molecule has 146 valence electrons. The van der Waals surface area contributed by atoms with Gasteiger partial charge in [0.05, 0.1) is 17.6 Å². The van der Waals surface area contributed by atoms with Gasteiger partial charge in [0, 0.05) is 12.6 Å². The Morgan fingerprint density at radius 2 is 2.00 bits per heavy atom. The van der Waals surface area contributed by atoms with Crippen molar-refractivity contribution in [2.75, 3.05) is 11.9 Å². The highest BCUT2D eigenvalue weighted by Crippen LogP contribution is 2.29. The molecule has 0 spiro atoms. The van der Waals surface area contributed by atoms with Crippen LogP contribution >= 0.6 is 11.6 Å². The van der Waals surface area contributed by atoms with Crippen molar-refractivity contribution >= 4 is 35.0 Å². The lowest BCUT2D eigenvalue weighted by Gasteiger charge is -2.25. The third-order valence-corrected chi connectivity index (χ3v) is 4.55. The predicted octanol–water partition coefficient (Wildman–Crippen LogP) is 2.48. The van der Waals surface area contributed by atoms with Crippen LogP contribution in [0.25, 0.3) is 0 Å². The number of halogens is 3. The number of amides is 3. The highest BCUT2D eigenvalue weighted by molar-refractivity contribution is 6.35. The van der Waals surface area contributed by atoms with E-state index in [0.717, 1.165) is 12.1 Å². The monoisotopic (exact) mass is 399 g/mol. The van der Waals surface area contributed by atoms with Crippen LogP contribution in [-0.4, -0.2) is 41.2 Å². The first-order chi connectivity index (χ1) is 12.7. The summed E-state index contributed by atoms with van der Waals surface area (Å²) in [5, 5.41) is 4.14. The van der Waals surface area contributed by atoms with Crippen molar-refractivity contribution in [2.45, 2.75) is 32.4 Å². The van der Waals surface area contributed by atoms with Gasteiger partial charge in [-0.2, -0.15) is 0 Å². The van der Waals surface area contributed by atoms with Gasteiger partial charge in [0.15, 0.2) is 5.82 Å². The molecule has 2 rings (SSSR count). The van der Waals surface area contributed by atoms with Crippen LogP contribution < -0.4 is 10.6 Å². The molecule has 1 aliphatic heterocycles. The fraction of sp³-hybridized carbons (Fsp3) is 0.389. The maximum absolute atomic E-state index is 14.0. The van der Waals surface area contributed by atoms with Crippen LogP contribution in [0.2, 0.25) is 5.02 Å². The molecular formula is C18H20ClF2N3O3. The minimum atomic E-state index is -1.08. The van der Waals surface area contributed by atoms with Gasteiger partial charge in [-0.1, -0.05) is 17.7 Å². The van der Waals surface area contributed by atoms with E-state index in [0.29, 0.717) is 0 Å². The number of rotatable bonds is 4. The molecule has 2 N–H and O–H groups in total. The molecule has 0 bridgehead atoms. The van der Waals surface area contributed by atoms with Crippen LogP contribution in [0.3, 0.4) is 0 Å². The number of carbonyl (C=O) groups is 3. The van der Waals surface area contributed by atoms with Gasteiger partial charge >= 0.3 is 11.8 Å². The number of benzene rings is 1. The SMILES string of the molecule is C=C[C@H]1C(C(=O)Nc2ccc(F)c(Cl)c2F)CCN1C(=O)C(=O)NC(C)C. The molecule has 2 atom stereocenters. The minimum Gasteiger partial charge on any atom is -0.346 e. The molecule has 1 unspecified atom stereocenters. The maximum atomic E-state index is 14.0. The van der Waals surface area contributed by atoms with Crippen LogP contribution in [0.15, 0.2) is 24.8 Å². The average Bonchev–Trinajstić information content (AvgIpc) is 3.04. The smallest absolute Gasteiger partial charge is 0.312 e. The Morgan fingerprint density at radius 3 is 2.59 bits per heavy atom. The van der Waals surface area contributed by atoms with Crippen LogP contribution in [-0.2, 0) is 14.4 Å². The summed E-state index contributed by atoms with van der Waals surface area (Å²) < 4.78 is 27.2. The lowest BCUT2D eigenvalue weighted by Crippen LogP contribution is -2.48. The summed E-state index contributed by atoms with van der Waals surface area (Å²) >= 11 is 5.51. The molecule has 1 aliphatic rings. The zero-order chi connectivity index (χ0) is 20.3. The Hall–Kier alpha value is -2.48. The van der Waals surface area contributed by atoms with Gasteiger partial charge in [-0.25, -0.2) is 8.78 Å². The third kappa shape index (κ3) is 4.44. The van der Waals surface area contributed by atoms with E-state index in [-0.39, 0.29) is 24.7 Å². The third-order valence-electron chi connectivity index (χ3n) is 4.20. The molecule has 1 aromatic carbocycles. The first kappa shape index (κ1) is 20.8. The normalized spacial score (nSPS) is 19.1. The second-order valence-electron chi connectivity index (χ2n) is 6.46. The molecule has 0 radical (unpaired) electrons. The number of nitrogens with zero attached hydrogens (tertiary/aromatic N) is 1. The molecule has 1 fully saturated rings. The highest BCUT2D eigenvalue weighted by Gasteiger charge is 2.41. The van der Waals surface area contributed by atoms with Crippen molar-refractivity contribution in [3.63, 3.8) is 0 Å². The van der Waals surface area contributed by atoms with Gasteiger partial charge in [-0.3, -0.25) is 14.4 Å². The van der Waals surface area contributed by atoms with Gasteiger partial charge in [-0.15, -0.1) is 6.58 Å². The second kappa shape index (κ2) is 8.47. The van der Waals surface area contributed by atoms with Gasteiger partial charge in [0.2, 0.25) is 5.91 Å². The van der Waals surface area contributed by atoms with Crippen LogP contribution in [0.5, 0.6) is 0 Å². The summed E-state index contributed by atoms with van der Waals surface area (Å²) in [6, 6.07) is 1.06. The fourth-order valence-electron chi connectivity index (χ4n) is 2.93. The van der Waals surface area contributed by atoms with E-state index < -0.39 is 46.3 Å². The first-order valence-corrected chi connectivity index (χ1v) is 8.73. The summed E-state index contributed by atoms with van der Waals surface area (Å²) in [4.78, 5) is 38.1. The Labute approximate surface area is 160 Å². The van der Waals surface area contributed by atoms with E-state index in [9.17, 15) is 23.2 Å². The van der Waals surface area contributed by atoms with Crippen molar-refractivity contribution < 1.29 is 23.2 Å². The summed E-state index contributed by atoms with van der Waals surface area (Å²) in [5.74, 6) is -4.87. The lowest BCUT2D eigenvalue weighted by atomic mass is 9.99. The first-order valence-electron chi connectivity index (χ1n) is 8.35. The van der Waals surface area contributed by atoms with Gasteiger partial charge in [0.1, 0.15) is 10.8 Å². The van der Waals surface area contributed by atoms with Crippen molar-refractivity contribution in [2.24, 2.45) is 5.92 Å².